The number of pyridine rings is 1. The molecule has 0 radical (unpaired) electrons. The number of nitrogens with zero attached hydrogens (tertiary/aromatic N) is 2. The van der Waals surface area contributed by atoms with E-state index < -0.39 is 0 Å². The van der Waals surface area contributed by atoms with Gasteiger partial charge in [-0.15, -0.1) is 0 Å². The average molecular weight is 275 g/mol. The minimum Gasteiger partial charge on any atom is -0.370 e. The largest absolute Gasteiger partial charge is 0.370 e. The van der Waals surface area contributed by atoms with Crippen molar-refractivity contribution >= 4 is 11.7 Å². The number of carbonyl (C=O) groups is 1. The van der Waals surface area contributed by atoms with E-state index in [1.54, 1.807) is 6.20 Å². The van der Waals surface area contributed by atoms with E-state index in [-0.39, 0.29) is 5.91 Å². The Morgan fingerprint density at radius 3 is 2.65 bits per heavy atom. The zero-order valence-electron chi connectivity index (χ0n) is 12.6. The highest BCUT2D eigenvalue weighted by molar-refractivity contribution is 5.94. The highest BCUT2D eigenvalue weighted by Gasteiger charge is 2.22. The maximum Gasteiger partial charge on any atom is 0.255 e. The molecule has 0 aromatic carbocycles. The van der Waals surface area contributed by atoms with Gasteiger partial charge in [-0.3, -0.25) is 4.79 Å². The topological polar surface area (TPSA) is 45.2 Å². The lowest BCUT2D eigenvalue weighted by molar-refractivity contribution is 0.0688. The molecular formula is C16H25N3O. The highest BCUT2D eigenvalue weighted by Crippen LogP contribution is 2.21. The van der Waals surface area contributed by atoms with Crippen LogP contribution in [0.3, 0.4) is 0 Å². The summed E-state index contributed by atoms with van der Waals surface area (Å²) in [6.45, 7) is 7.02. The molecular weight excluding hydrogens is 250 g/mol. The molecule has 1 aliphatic rings. The molecule has 0 bridgehead atoms. The summed E-state index contributed by atoms with van der Waals surface area (Å²) in [5.41, 5.74) is 0.696. The fourth-order valence-corrected chi connectivity index (χ4v) is 2.60. The number of piperidine rings is 1. The molecule has 1 aromatic rings. The Kier molecular flexibility index (Phi) is 5.39. The molecule has 4 heteroatoms. The first kappa shape index (κ1) is 14.8. The SMILES string of the molecule is CCCNc1ccc(C(=O)N2CCC(CC)CC2)cn1. The second-order valence-corrected chi connectivity index (χ2v) is 5.50. The van der Waals surface area contributed by atoms with Gasteiger partial charge in [0.15, 0.2) is 0 Å². The van der Waals surface area contributed by atoms with E-state index in [4.69, 9.17) is 0 Å². The molecule has 1 fully saturated rings. The predicted molar refractivity (Wildman–Crippen MR) is 81.9 cm³/mol. The lowest BCUT2D eigenvalue weighted by atomic mass is 9.94. The van der Waals surface area contributed by atoms with Crippen LogP contribution in [0.1, 0.15) is 49.9 Å². The third-order valence-electron chi connectivity index (χ3n) is 4.05. The Hall–Kier alpha value is -1.58. The molecule has 2 heterocycles. The van der Waals surface area contributed by atoms with Crippen molar-refractivity contribution in [3.8, 4) is 0 Å². The van der Waals surface area contributed by atoms with Crippen LogP contribution in [0, 0.1) is 5.92 Å². The molecule has 1 aliphatic heterocycles. The summed E-state index contributed by atoms with van der Waals surface area (Å²) in [6, 6.07) is 3.76. The summed E-state index contributed by atoms with van der Waals surface area (Å²) in [5.74, 6) is 1.75. The lowest BCUT2D eigenvalue weighted by Gasteiger charge is -2.31. The van der Waals surface area contributed by atoms with Crippen molar-refractivity contribution < 1.29 is 4.79 Å². The van der Waals surface area contributed by atoms with Gasteiger partial charge in [-0.2, -0.15) is 0 Å². The van der Waals surface area contributed by atoms with Gasteiger partial charge in [0.1, 0.15) is 5.82 Å². The fraction of sp³-hybridized carbons (Fsp3) is 0.625. The molecule has 0 aliphatic carbocycles. The molecule has 2 rings (SSSR count). The van der Waals surface area contributed by atoms with E-state index in [0.29, 0.717) is 5.56 Å². The van der Waals surface area contributed by atoms with Gasteiger partial charge in [-0.25, -0.2) is 4.98 Å². The van der Waals surface area contributed by atoms with Gasteiger partial charge < -0.3 is 10.2 Å². The Morgan fingerprint density at radius 2 is 2.10 bits per heavy atom. The maximum atomic E-state index is 12.4. The second-order valence-electron chi connectivity index (χ2n) is 5.50. The van der Waals surface area contributed by atoms with Crippen molar-refractivity contribution in [3.05, 3.63) is 23.9 Å². The molecule has 0 saturated carbocycles. The number of hydrogen-bond acceptors (Lipinski definition) is 3. The van der Waals surface area contributed by atoms with E-state index in [2.05, 4.69) is 24.1 Å². The van der Waals surface area contributed by atoms with Crippen LogP contribution >= 0.6 is 0 Å². The summed E-state index contributed by atoms with van der Waals surface area (Å²) in [5, 5.41) is 3.22. The van der Waals surface area contributed by atoms with E-state index in [1.807, 2.05) is 17.0 Å². The summed E-state index contributed by atoms with van der Waals surface area (Å²) in [6.07, 6.45) is 6.24. The number of rotatable bonds is 5. The Morgan fingerprint density at radius 1 is 1.35 bits per heavy atom. The zero-order chi connectivity index (χ0) is 14.4. The third-order valence-corrected chi connectivity index (χ3v) is 4.05. The van der Waals surface area contributed by atoms with Crippen LogP contribution in [0.15, 0.2) is 18.3 Å². The number of hydrogen-bond donors (Lipinski definition) is 1. The standard InChI is InChI=1S/C16H25N3O/c1-3-9-17-15-6-5-14(12-18-15)16(20)19-10-7-13(4-2)8-11-19/h5-6,12-13H,3-4,7-11H2,1-2H3,(H,17,18). The van der Waals surface area contributed by atoms with Crippen molar-refractivity contribution in [2.75, 3.05) is 25.0 Å². The highest BCUT2D eigenvalue weighted by atomic mass is 16.2. The Labute approximate surface area is 121 Å². The van der Waals surface area contributed by atoms with E-state index in [9.17, 15) is 4.79 Å². The van der Waals surface area contributed by atoms with Crippen molar-refractivity contribution in [2.45, 2.75) is 39.5 Å². The minimum absolute atomic E-state index is 0.120. The number of likely N-dealkylation sites (tertiary alicyclic amines) is 1. The Bertz CT molecular complexity index is 422. The smallest absolute Gasteiger partial charge is 0.255 e. The van der Waals surface area contributed by atoms with Crippen molar-refractivity contribution in [1.29, 1.82) is 0 Å². The van der Waals surface area contributed by atoms with Gasteiger partial charge in [0.05, 0.1) is 5.56 Å². The van der Waals surface area contributed by atoms with Crippen molar-refractivity contribution in [1.82, 2.24) is 9.88 Å². The monoisotopic (exact) mass is 275 g/mol. The van der Waals surface area contributed by atoms with Crippen molar-refractivity contribution in [3.63, 3.8) is 0 Å². The van der Waals surface area contributed by atoms with Gasteiger partial charge in [0, 0.05) is 25.8 Å². The molecule has 1 N–H and O–H groups in total. The average Bonchev–Trinajstić information content (AvgIpc) is 2.53. The summed E-state index contributed by atoms with van der Waals surface area (Å²) < 4.78 is 0. The van der Waals surface area contributed by atoms with Gasteiger partial charge in [0.25, 0.3) is 5.91 Å². The Balaban J connectivity index is 1.92. The van der Waals surface area contributed by atoms with Crippen LogP contribution in [0.5, 0.6) is 0 Å². The minimum atomic E-state index is 0.120. The van der Waals surface area contributed by atoms with Crippen molar-refractivity contribution in [2.24, 2.45) is 5.92 Å². The van der Waals surface area contributed by atoms with E-state index >= 15 is 0 Å². The molecule has 20 heavy (non-hydrogen) atoms. The molecule has 1 saturated heterocycles. The second kappa shape index (κ2) is 7.27. The van der Waals surface area contributed by atoms with E-state index in [1.165, 1.54) is 6.42 Å². The van der Waals surface area contributed by atoms with Gasteiger partial charge in [0.2, 0.25) is 0 Å². The normalized spacial score (nSPS) is 16.2. The van der Waals surface area contributed by atoms with Crippen LogP contribution in [0.2, 0.25) is 0 Å². The summed E-state index contributed by atoms with van der Waals surface area (Å²) in [4.78, 5) is 18.7. The quantitative estimate of drug-likeness (QED) is 0.897. The molecule has 1 aromatic heterocycles. The summed E-state index contributed by atoms with van der Waals surface area (Å²) >= 11 is 0. The first-order chi connectivity index (χ1) is 9.74. The number of carbonyl (C=O) groups excluding carboxylic acids is 1. The fourth-order valence-electron chi connectivity index (χ4n) is 2.60. The van der Waals surface area contributed by atoms with Crippen LogP contribution in [0.25, 0.3) is 0 Å². The predicted octanol–water partition coefficient (Wildman–Crippen LogP) is 3.17. The molecule has 0 spiro atoms. The first-order valence-electron chi connectivity index (χ1n) is 7.73. The molecule has 4 nitrogen and oxygen atoms in total. The number of anilines is 1. The molecule has 1 amide bonds. The van der Waals surface area contributed by atoms with Crippen LogP contribution in [-0.4, -0.2) is 35.4 Å². The van der Waals surface area contributed by atoms with Gasteiger partial charge >= 0.3 is 0 Å². The zero-order valence-corrected chi connectivity index (χ0v) is 12.6. The van der Waals surface area contributed by atoms with Gasteiger partial charge in [-0.1, -0.05) is 20.3 Å². The number of amides is 1. The van der Waals surface area contributed by atoms with Crippen LogP contribution < -0.4 is 5.32 Å². The number of nitrogens with one attached hydrogen (secondary N) is 1. The maximum absolute atomic E-state index is 12.4. The third kappa shape index (κ3) is 3.71. The molecule has 0 unspecified atom stereocenters. The van der Waals surface area contributed by atoms with Crippen LogP contribution in [0.4, 0.5) is 5.82 Å². The van der Waals surface area contributed by atoms with Crippen LogP contribution in [-0.2, 0) is 0 Å². The van der Waals surface area contributed by atoms with E-state index in [0.717, 1.165) is 50.6 Å². The first-order valence-corrected chi connectivity index (χ1v) is 7.73. The summed E-state index contributed by atoms with van der Waals surface area (Å²) in [7, 11) is 0. The number of aromatic nitrogens is 1. The van der Waals surface area contributed by atoms with Gasteiger partial charge in [-0.05, 0) is 37.3 Å². The molecule has 110 valence electrons. The lowest BCUT2D eigenvalue weighted by Crippen LogP contribution is -2.38. The molecule has 0 atom stereocenters.